The number of ketones is 1. The van der Waals surface area contributed by atoms with Crippen LogP contribution in [0.25, 0.3) is 0 Å². The van der Waals surface area contributed by atoms with Gasteiger partial charge < -0.3 is 4.74 Å². The van der Waals surface area contributed by atoms with Crippen molar-refractivity contribution < 1.29 is 14.3 Å². The van der Waals surface area contributed by atoms with Gasteiger partial charge in [-0.25, -0.2) is 4.79 Å². The molecule has 1 heterocycles. The molecule has 1 aliphatic heterocycles. The predicted octanol–water partition coefficient (Wildman–Crippen LogP) is 2.74. The highest BCUT2D eigenvalue weighted by Crippen LogP contribution is 2.22. The fraction of sp³-hybridized carbons (Fsp3) is 0.833. The molecule has 0 bridgehead atoms. The molecule has 1 amide bonds. The first kappa shape index (κ1) is 14.5. The number of ether oxygens (including phenoxy) is 1. The van der Waals surface area contributed by atoms with Gasteiger partial charge in [-0.2, -0.15) is 0 Å². The number of Topliss-reactive ketones (excluding diaryl/α,β-unsaturated/α-hetero) is 1. The lowest BCUT2D eigenvalue weighted by Gasteiger charge is -2.27. The molecule has 1 fully saturated rings. The molecule has 0 spiro atoms. The maximum atomic E-state index is 11.9. The fourth-order valence-electron chi connectivity index (χ4n) is 1.90. The zero-order valence-electron chi connectivity index (χ0n) is 10.7. The first-order valence-electron chi connectivity index (χ1n) is 5.93. The molecule has 1 saturated heterocycles. The normalized spacial score (nSPS) is 20.5. The third-order valence-electron chi connectivity index (χ3n) is 2.59. The molecule has 0 N–H and O–H groups in total. The second-order valence-corrected chi connectivity index (χ2v) is 6.03. The molecule has 0 aromatic heterocycles. The Bertz CT molecular complexity index is 299. The van der Waals surface area contributed by atoms with E-state index in [0.29, 0.717) is 18.3 Å². The van der Waals surface area contributed by atoms with Crippen LogP contribution in [0.15, 0.2) is 0 Å². The number of hydrogen-bond donors (Lipinski definition) is 0. The zero-order chi connectivity index (χ0) is 13.1. The van der Waals surface area contributed by atoms with Crippen molar-refractivity contribution in [1.29, 1.82) is 0 Å². The van der Waals surface area contributed by atoms with Crippen molar-refractivity contribution in [2.75, 3.05) is 11.9 Å². The Morgan fingerprint density at radius 3 is 2.59 bits per heavy atom. The van der Waals surface area contributed by atoms with E-state index in [1.807, 2.05) is 20.8 Å². The van der Waals surface area contributed by atoms with E-state index in [4.69, 9.17) is 4.74 Å². The summed E-state index contributed by atoms with van der Waals surface area (Å²) < 4.78 is 5.30. The lowest BCUT2D eigenvalue weighted by atomic mass is 10.1. The van der Waals surface area contributed by atoms with Crippen LogP contribution in [0.1, 0.15) is 40.0 Å². The Balaban J connectivity index is 2.63. The Morgan fingerprint density at radius 1 is 1.41 bits per heavy atom. The van der Waals surface area contributed by atoms with Gasteiger partial charge in [-0.3, -0.25) is 9.69 Å². The summed E-state index contributed by atoms with van der Waals surface area (Å²) in [7, 11) is 0. The summed E-state index contributed by atoms with van der Waals surface area (Å²) in [5, 5.41) is 0.643. The van der Waals surface area contributed by atoms with E-state index in [1.54, 1.807) is 4.90 Å². The molecule has 98 valence electrons. The molecule has 0 radical (unpaired) electrons. The minimum absolute atomic E-state index is 0.116. The number of rotatable bonds is 3. The lowest BCUT2D eigenvalue weighted by molar-refractivity contribution is -0.122. The van der Waals surface area contributed by atoms with Gasteiger partial charge in [0.1, 0.15) is 5.60 Å². The second kappa shape index (κ2) is 5.85. The van der Waals surface area contributed by atoms with Crippen molar-refractivity contribution >= 4 is 27.8 Å². The van der Waals surface area contributed by atoms with Crippen molar-refractivity contribution in [3.8, 4) is 0 Å². The average Bonchev–Trinajstić information content (AvgIpc) is 2.63. The molecule has 4 nitrogen and oxygen atoms in total. The smallest absolute Gasteiger partial charge is 0.410 e. The first-order chi connectivity index (χ1) is 7.85. The predicted molar refractivity (Wildman–Crippen MR) is 69.4 cm³/mol. The largest absolute Gasteiger partial charge is 0.444 e. The second-order valence-electron chi connectivity index (χ2n) is 5.24. The molecule has 1 rings (SSSR count). The van der Waals surface area contributed by atoms with Crippen LogP contribution in [0.4, 0.5) is 4.79 Å². The monoisotopic (exact) mass is 305 g/mol. The van der Waals surface area contributed by atoms with Crippen LogP contribution in [0.3, 0.4) is 0 Å². The van der Waals surface area contributed by atoms with Crippen LogP contribution in [-0.2, 0) is 9.53 Å². The van der Waals surface area contributed by atoms with Crippen molar-refractivity contribution in [3.63, 3.8) is 0 Å². The third-order valence-corrected chi connectivity index (χ3v) is 2.99. The van der Waals surface area contributed by atoms with Gasteiger partial charge in [-0.05, 0) is 33.6 Å². The maximum Gasteiger partial charge on any atom is 0.410 e. The van der Waals surface area contributed by atoms with E-state index in [1.165, 1.54) is 0 Å². The van der Waals surface area contributed by atoms with Crippen LogP contribution in [0.5, 0.6) is 0 Å². The average molecular weight is 306 g/mol. The maximum absolute atomic E-state index is 11.9. The van der Waals surface area contributed by atoms with Crippen LogP contribution in [0, 0.1) is 0 Å². The summed E-state index contributed by atoms with van der Waals surface area (Å²) in [5.41, 5.74) is -0.511. The summed E-state index contributed by atoms with van der Waals surface area (Å²) in [4.78, 5) is 25.3. The summed E-state index contributed by atoms with van der Waals surface area (Å²) in [6.07, 6.45) is 1.72. The highest BCUT2D eigenvalue weighted by Gasteiger charge is 2.35. The van der Waals surface area contributed by atoms with Gasteiger partial charge in [0.2, 0.25) is 0 Å². The van der Waals surface area contributed by atoms with Gasteiger partial charge >= 0.3 is 6.09 Å². The standard InChI is InChI=1S/C12H20BrNO3/c1-12(2,3)17-11(16)14-8-4-5-9(14)10(15)6-7-13/h9H,4-8H2,1-3H3/t9-/m0/s1. The Labute approximate surface area is 111 Å². The van der Waals surface area contributed by atoms with E-state index in [2.05, 4.69) is 15.9 Å². The minimum Gasteiger partial charge on any atom is -0.444 e. The highest BCUT2D eigenvalue weighted by molar-refractivity contribution is 9.09. The van der Waals surface area contributed by atoms with Crippen molar-refractivity contribution in [3.05, 3.63) is 0 Å². The number of carbonyl (C=O) groups excluding carboxylic acids is 2. The van der Waals surface area contributed by atoms with Gasteiger partial charge in [0, 0.05) is 18.3 Å². The summed E-state index contributed by atoms with van der Waals surface area (Å²) in [5.74, 6) is 0.116. The minimum atomic E-state index is -0.511. The van der Waals surface area contributed by atoms with Gasteiger partial charge in [-0.1, -0.05) is 15.9 Å². The Morgan fingerprint density at radius 2 is 2.06 bits per heavy atom. The number of likely N-dealkylation sites (tertiary alicyclic amines) is 1. The molecule has 1 aliphatic rings. The molecule has 5 heteroatoms. The van der Waals surface area contributed by atoms with E-state index >= 15 is 0 Å². The third kappa shape index (κ3) is 4.30. The molecular weight excluding hydrogens is 286 g/mol. The van der Waals surface area contributed by atoms with E-state index in [0.717, 1.165) is 12.8 Å². The van der Waals surface area contributed by atoms with E-state index in [9.17, 15) is 9.59 Å². The first-order valence-corrected chi connectivity index (χ1v) is 7.05. The van der Waals surface area contributed by atoms with Crippen LogP contribution < -0.4 is 0 Å². The number of amides is 1. The highest BCUT2D eigenvalue weighted by atomic mass is 79.9. The summed E-state index contributed by atoms with van der Waals surface area (Å²) in [6, 6.07) is -0.289. The fourth-order valence-corrected chi connectivity index (χ4v) is 2.29. The molecule has 0 aliphatic carbocycles. The number of halogens is 1. The SMILES string of the molecule is CC(C)(C)OC(=O)N1CCC[C@H]1C(=O)CCBr. The number of carbonyl (C=O) groups is 2. The molecule has 0 unspecified atom stereocenters. The molecule has 1 atom stereocenters. The molecule has 0 aromatic carbocycles. The Hall–Kier alpha value is -0.580. The topological polar surface area (TPSA) is 46.6 Å². The molecular formula is C12H20BrNO3. The Kier molecular flexibility index (Phi) is 4.98. The zero-order valence-corrected chi connectivity index (χ0v) is 12.2. The van der Waals surface area contributed by atoms with Crippen LogP contribution >= 0.6 is 15.9 Å². The van der Waals surface area contributed by atoms with Gasteiger partial charge in [0.05, 0.1) is 6.04 Å². The van der Waals surface area contributed by atoms with Gasteiger partial charge in [0.25, 0.3) is 0 Å². The van der Waals surface area contributed by atoms with Crippen molar-refractivity contribution in [1.82, 2.24) is 4.90 Å². The van der Waals surface area contributed by atoms with Crippen LogP contribution in [-0.4, -0.2) is 40.3 Å². The van der Waals surface area contributed by atoms with Gasteiger partial charge in [-0.15, -0.1) is 0 Å². The van der Waals surface area contributed by atoms with Crippen LogP contribution in [0.2, 0.25) is 0 Å². The number of hydrogen-bond acceptors (Lipinski definition) is 3. The molecule has 0 saturated carbocycles. The lowest BCUT2D eigenvalue weighted by Crippen LogP contribution is -2.43. The summed E-state index contributed by atoms with van der Waals surface area (Å²) in [6.45, 7) is 6.11. The van der Waals surface area contributed by atoms with Crippen molar-refractivity contribution in [2.24, 2.45) is 0 Å². The number of nitrogens with zero attached hydrogens (tertiary/aromatic N) is 1. The molecule has 17 heavy (non-hydrogen) atoms. The number of alkyl halides is 1. The summed E-state index contributed by atoms with van der Waals surface area (Å²) >= 11 is 3.25. The van der Waals surface area contributed by atoms with E-state index < -0.39 is 5.60 Å². The van der Waals surface area contributed by atoms with E-state index in [-0.39, 0.29) is 17.9 Å². The van der Waals surface area contributed by atoms with Crippen molar-refractivity contribution in [2.45, 2.75) is 51.7 Å². The van der Waals surface area contributed by atoms with Gasteiger partial charge in [0.15, 0.2) is 5.78 Å². The quantitative estimate of drug-likeness (QED) is 0.753. The molecule has 0 aromatic rings.